The van der Waals surface area contributed by atoms with Gasteiger partial charge >= 0.3 is 0 Å². The maximum absolute atomic E-state index is 4.17. The molecule has 0 aliphatic carbocycles. The van der Waals surface area contributed by atoms with Crippen molar-refractivity contribution in [1.82, 2.24) is 4.98 Å². The van der Waals surface area contributed by atoms with E-state index in [1.807, 2.05) is 6.20 Å². The number of hydrogen-bond acceptors (Lipinski definition) is 1. The fourth-order valence-corrected chi connectivity index (χ4v) is 2.00. The van der Waals surface area contributed by atoms with Crippen molar-refractivity contribution in [2.75, 3.05) is 0 Å². The first kappa shape index (κ1) is 11.3. The van der Waals surface area contributed by atoms with E-state index in [9.17, 15) is 0 Å². The molecule has 1 heterocycles. The highest BCUT2D eigenvalue weighted by molar-refractivity contribution is 9.10. The molecule has 0 N–H and O–H groups in total. The van der Waals surface area contributed by atoms with Crippen molar-refractivity contribution in [2.45, 2.75) is 19.8 Å². The lowest BCUT2D eigenvalue weighted by molar-refractivity contribution is 0.867. The van der Waals surface area contributed by atoms with E-state index in [-0.39, 0.29) is 0 Å². The molecule has 0 bridgehead atoms. The predicted octanol–water partition coefficient (Wildman–Crippen LogP) is 4.63. The lowest BCUT2D eigenvalue weighted by Gasteiger charge is -2.07. The Morgan fingerprint density at radius 3 is 2.25 bits per heavy atom. The molecular weight excluding hydrogens is 262 g/mol. The average molecular weight is 276 g/mol. The van der Waals surface area contributed by atoms with Crippen molar-refractivity contribution in [1.29, 1.82) is 0 Å². The van der Waals surface area contributed by atoms with Gasteiger partial charge in [-0.3, -0.25) is 4.98 Å². The van der Waals surface area contributed by atoms with Crippen molar-refractivity contribution < 1.29 is 0 Å². The molecule has 82 valence electrons. The van der Waals surface area contributed by atoms with Crippen molar-refractivity contribution in [3.8, 4) is 11.1 Å². The van der Waals surface area contributed by atoms with E-state index >= 15 is 0 Å². The minimum Gasteiger partial charge on any atom is -0.263 e. The molecule has 0 radical (unpaired) electrons. The van der Waals surface area contributed by atoms with Crippen molar-refractivity contribution >= 4 is 15.9 Å². The third-order valence-corrected chi connectivity index (χ3v) is 3.05. The van der Waals surface area contributed by atoms with Crippen LogP contribution in [-0.2, 0) is 0 Å². The van der Waals surface area contributed by atoms with Crippen LogP contribution in [0, 0.1) is 0 Å². The lowest BCUT2D eigenvalue weighted by atomic mass is 10.00. The van der Waals surface area contributed by atoms with E-state index in [4.69, 9.17) is 0 Å². The second-order valence-corrected chi connectivity index (χ2v) is 5.08. The van der Waals surface area contributed by atoms with Crippen LogP contribution < -0.4 is 0 Å². The standard InChI is InChI=1S/C14H14BrN/c1-10(2)11-3-5-12(6-4-11)13-7-14(15)9-16-8-13/h3-10H,1-2H3. The summed E-state index contributed by atoms with van der Waals surface area (Å²) < 4.78 is 1.01. The Morgan fingerprint density at radius 2 is 1.69 bits per heavy atom. The molecule has 1 nitrogen and oxygen atoms in total. The summed E-state index contributed by atoms with van der Waals surface area (Å²) >= 11 is 3.43. The first-order chi connectivity index (χ1) is 7.66. The van der Waals surface area contributed by atoms with E-state index < -0.39 is 0 Å². The van der Waals surface area contributed by atoms with Crippen LogP contribution in [0.15, 0.2) is 47.2 Å². The van der Waals surface area contributed by atoms with Gasteiger partial charge in [-0.1, -0.05) is 38.1 Å². The Morgan fingerprint density at radius 1 is 1.00 bits per heavy atom. The van der Waals surface area contributed by atoms with E-state index in [1.54, 1.807) is 6.20 Å². The Hall–Kier alpha value is -1.15. The molecule has 2 aromatic rings. The quantitative estimate of drug-likeness (QED) is 0.779. The largest absolute Gasteiger partial charge is 0.263 e. The molecule has 2 heteroatoms. The summed E-state index contributed by atoms with van der Waals surface area (Å²) in [5, 5.41) is 0. The van der Waals surface area contributed by atoms with Gasteiger partial charge in [0.2, 0.25) is 0 Å². The molecule has 0 atom stereocenters. The monoisotopic (exact) mass is 275 g/mol. The number of halogens is 1. The maximum atomic E-state index is 4.17. The second kappa shape index (κ2) is 4.79. The minimum absolute atomic E-state index is 0.578. The molecule has 1 aromatic heterocycles. The van der Waals surface area contributed by atoms with Gasteiger partial charge in [-0.2, -0.15) is 0 Å². The number of aromatic nitrogens is 1. The van der Waals surface area contributed by atoms with Gasteiger partial charge in [-0.25, -0.2) is 0 Å². The zero-order valence-corrected chi connectivity index (χ0v) is 11.0. The molecule has 0 saturated carbocycles. The first-order valence-electron chi connectivity index (χ1n) is 5.37. The van der Waals surface area contributed by atoms with Crippen LogP contribution in [0.25, 0.3) is 11.1 Å². The first-order valence-corrected chi connectivity index (χ1v) is 6.17. The smallest absolute Gasteiger partial charge is 0.0410 e. The molecule has 0 aliphatic rings. The molecule has 0 amide bonds. The highest BCUT2D eigenvalue weighted by Crippen LogP contribution is 2.23. The summed E-state index contributed by atoms with van der Waals surface area (Å²) in [7, 11) is 0. The Balaban J connectivity index is 2.35. The van der Waals surface area contributed by atoms with Crippen molar-refractivity contribution in [3.63, 3.8) is 0 Å². The van der Waals surface area contributed by atoms with E-state index in [0.717, 1.165) is 10.0 Å². The second-order valence-electron chi connectivity index (χ2n) is 4.17. The van der Waals surface area contributed by atoms with Crippen LogP contribution in [0.5, 0.6) is 0 Å². The summed E-state index contributed by atoms with van der Waals surface area (Å²) in [4.78, 5) is 4.17. The Kier molecular flexibility index (Phi) is 3.39. The summed E-state index contributed by atoms with van der Waals surface area (Å²) in [6.45, 7) is 4.41. The third kappa shape index (κ3) is 2.50. The van der Waals surface area contributed by atoms with Gasteiger partial charge < -0.3 is 0 Å². The van der Waals surface area contributed by atoms with Crippen LogP contribution in [0.2, 0.25) is 0 Å². The minimum atomic E-state index is 0.578. The molecule has 0 unspecified atom stereocenters. The predicted molar refractivity (Wildman–Crippen MR) is 71.5 cm³/mol. The average Bonchev–Trinajstić information content (AvgIpc) is 2.29. The van der Waals surface area contributed by atoms with Crippen LogP contribution in [0.4, 0.5) is 0 Å². The fraction of sp³-hybridized carbons (Fsp3) is 0.214. The van der Waals surface area contributed by atoms with Crippen LogP contribution in [0.1, 0.15) is 25.3 Å². The Bertz CT molecular complexity index is 474. The SMILES string of the molecule is CC(C)c1ccc(-c2cncc(Br)c2)cc1. The fourth-order valence-electron chi connectivity index (χ4n) is 1.63. The van der Waals surface area contributed by atoms with Gasteiger partial charge in [0.1, 0.15) is 0 Å². The highest BCUT2D eigenvalue weighted by Gasteiger charge is 2.01. The van der Waals surface area contributed by atoms with Crippen LogP contribution >= 0.6 is 15.9 Å². The van der Waals surface area contributed by atoms with Gasteiger partial charge in [0.25, 0.3) is 0 Å². The normalized spacial score (nSPS) is 10.8. The molecule has 16 heavy (non-hydrogen) atoms. The zero-order valence-electron chi connectivity index (χ0n) is 9.44. The molecular formula is C14H14BrN. The summed E-state index contributed by atoms with van der Waals surface area (Å²) in [5.74, 6) is 0.578. The van der Waals surface area contributed by atoms with Gasteiger partial charge in [0.15, 0.2) is 0 Å². The molecule has 0 fully saturated rings. The van der Waals surface area contributed by atoms with E-state index in [2.05, 4.69) is 65.1 Å². The topological polar surface area (TPSA) is 12.9 Å². The van der Waals surface area contributed by atoms with Gasteiger partial charge in [-0.05, 0) is 39.0 Å². The Labute approximate surface area is 105 Å². The van der Waals surface area contributed by atoms with Gasteiger partial charge in [-0.15, -0.1) is 0 Å². The summed E-state index contributed by atoms with van der Waals surface area (Å²) in [6, 6.07) is 10.7. The molecule has 0 spiro atoms. The van der Waals surface area contributed by atoms with E-state index in [1.165, 1.54) is 11.1 Å². The number of nitrogens with zero attached hydrogens (tertiary/aromatic N) is 1. The number of benzene rings is 1. The third-order valence-electron chi connectivity index (χ3n) is 2.62. The zero-order chi connectivity index (χ0) is 11.5. The lowest BCUT2D eigenvalue weighted by Crippen LogP contribution is -1.87. The number of rotatable bonds is 2. The maximum Gasteiger partial charge on any atom is 0.0410 e. The number of hydrogen-bond donors (Lipinski definition) is 0. The van der Waals surface area contributed by atoms with Gasteiger partial charge in [0.05, 0.1) is 0 Å². The number of pyridine rings is 1. The molecule has 2 rings (SSSR count). The highest BCUT2D eigenvalue weighted by atomic mass is 79.9. The molecule has 0 aliphatic heterocycles. The summed E-state index contributed by atoms with van der Waals surface area (Å²) in [5.41, 5.74) is 3.72. The molecule has 0 saturated heterocycles. The van der Waals surface area contributed by atoms with E-state index in [0.29, 0.717) is 5.92 Å². The molecule has 1 aromatic carbocycles. The van der Waals surface area contributed by atoms with Crippen molar-refractivity contribution in [3.05, 3.63) is 52.8 Å². The van der Waals surface area contributed by atoms with Gasteiger partial charge in [0, 0.05) is 22.4 Å². The van der Waals surface area contributed by atoms with Crippen LogP contribution in [-0.4, -0.2) is 4.98 Å². The van der Waals surface area contributed by atoms with Crippen molar-refractivity contribution in [2.24, 2.45) is 0 Å². The van der Waals surface area contributed by atoms with Crippen LogP contribution in [0.3, 0.4) is 0 Å². The summed E-state index contributed by atoms with van der Waals surface area (Å²) in [6.07, 6.45) is 3.68.